The maximum atomic E-state index is 8.13. The fraction of sp³-hybridized carbons (Fsp3) is 0.500. The molecule has 0 aliphatic rings. The van der Waals surface area contributed by atoms with Gasteiger partial charge in [-0.3, -0.25) is 9.98 Å². The van der Waals surface area contributed by atoms with Crippen molar-refractivity contribution >= 4 is 12.4 Å². The minimum absolute atomic E-state index is 0.349. The normalized spacial score (nSPS) is 10.2. The van der Waals surface area contributed by atoms with E-state index in [2.05, 4.69) is 9.98 Å². The molecule has 4 nitrogen and oxygen atoms in total. The first-order valence-corrected chi connectivity index (χ1v) is 3.62. The van der Waals surface area contributed by atoms with Crippen LogP contribution in [0.1, 0.15) is 12.8 Å². The average molecular weight is 162 g/mol. The molecule has 0 heterocycles. The van der Waals surface area contributed by atoms with Gasteiger partial charge in [-0.25, -0.2) is 0 Å². The first-order chi connectivity index (χ1) is 5.91. The van der Waals surface area contributed by atoms with E-state index in [0.29, 0.717) is 25.9 Å². The molecule has 0 atom stereocenters. The second-order valence-corrected chi connectivity index (χ2v) is 1.90. The maximum absolute atomic E-state index is 8.13. The summed E-state index contributed by atoms with van der Waals surface area (Å²) in [5, 5.41) is 16.3. The third kappa shape index (κ3) is 8.32. The molecule has 12 heavy (non-hydrogen) atoms. The van der Waals surface area contributed by atoms with Crippen LogP contribution in [0.4, 0.5) is 0 Å². The highest BCUT2D eigenvalue weighted by atomic mass is 14.8. The zero-order valence-electron chi connectivity index (χ0n) is 6.77. The Balaban J connectivity index is 3.23. The van der Waals surface area contributed by atoms with Crippen molar-refractivity contribution in [1.82, 2.24) is 0 Å². The monoisotopic (exact) mass is 162 g/mol. The minimum atomic E-state index is 0.349. The molecular formula is C8H10N4. The van der Waals surface area contributed by atoms with E-state index in [4.69, 9.17) is 10.5 Å². The van der Waals surface area contributed by atoms with Crippen LogP contribution in [0, 0.1) is 22.7 Å². The lowest BCUT2D eigenvalue weighted by Gasteiger charge is -1.85. The molecule has 0 fully saturated rings. The summed E-state index contributed by atoms with van der Waals surface area (Å²) in [6, 6.07) is 3.90. The number of aliphatic imine (C=N–C) groups is 2. The van der Waals surface area contributed by atoms with E-state index in [9.17, 15) is 0 Å². The Hall–Kier alpha value is -1.68. The largest absolute Gasteiger partial charge is 0.295 e. The van der Waals surface area contributed by atoms with Crippen molar-refractivity contribution in [2.75, 3.05) is 13.1 Å². The SMILES string of the molecule is N#CCC=NCCN=CCC#N. The van der Waals surface area contributed by atoms with E-state index in [0.717, 1.165) is 0 Å². The Morgan fingerprint density at radius 1 is 0.917 bits per heavy atom. The van der Waals surface area contributed by atoms with Crippen molar-refractivity contribution in [3.8, 4) is 12.1 Å². The number of nitrogens with zero attached hydrogens (tertiary/aromatic N) is 4. The van der Waals surface area contributed by atoms with E-state index in [1.54, 1.807) is 12.4 Å². The molecule has 0 spiro atoms. The first kappa shape index (κ1) is 10.3. The van der Waals surface area contributed by atoms with Gasteiger partial charge in [-0.15, -0.1) is 0 Å². The molecule has 4 heteroatoms. The van der Waals surface area contributed by atoms with Gasteiger partial charge in [0.2, 0.25) is 0 Å². The minimum Gasteiger partial charge on any atom is -0.295 e. The van der Waals surface area contributed by atoms with E-state index in [-0.39, 0.29) is 0 Å². The highest BCUT2D eigenvalue weighted by Crippen LogP contribution is 1.75. The van der Waals surface area contributed by atoms with Gasteiger partial charge in [-0.1, -0.05) is 0 Å². The zero-order chi connectivity index (χ0) is 9.07. The van der Waals surface area contributed by atoms with E-state index in [1.165, 1.54) is 0 Å². The summed E-state index contributed by atoms with van der Waals surface area (Å²) < 4.78 is 0. The van der Waals surface area contributed by atoms with Gasteiger partial charge in [0.1, 0.15) is 0 Å². The molecule has 0 aromatic rings. The summed E-state index contributed by atoms with van der Waals surface area (Å²) in [6.45, 7) is 1.17. The molecule has 0 saturated carbocycles. The standard InChI is InChI=1S/C8H10N4/c9-3-1-5-11-7-8-12-6-2-4-10/h5-6H,1-2,7-8H2. The zero-order valence-corrected chi connectivity index (χ0v) is 6.77. The molecule has 0 aromatic carbocycles. The van der Waals surface area contributed by atoms with Crippen molar-refractivity contribution in [2.45, 2.75) is 12.8 Å². The second kappa shape index (κ2) is 9.32. The fourth-order valence-electron chi connectivity index (χ4n) is 0.509. The third-order valence-corrected chi connectivity index (χ3v) is 0.982. The van der Waals surface area contributed by atoms with Gasteiger partial charge < -0.3 is 0 Å². The average Bonchev–Trinajstić information content (AvgIpc) is 2.10. The Morgan fingerprint density at radius 3 is 1.67 bits per heavy atom. The molecule has 0 aromatic heterocycles. The Kier molecular flexibility index (Phi) is 8.02. The summed E-state index contributed by atoms with van der Waals surface area (Å²) in [7, 11) is 0. The molecule has 0 bridgehead atoms. The van der Waals surface area contributed by atoms with Crippen LogP contribution >= 0.6 is 0 Å². The lowest BCUT2D eigenvalue weighted by atomic mass is 10.5. The van der Waals surface area contributed by atoms with Gasteiger partial charge in [-0.05, 0) is 0 Å². The van der Waals surface area contributed by atoms with Gasteiger partial charge in [0.05, 0.1) is 38.1 Å². The van der Waals surface area contributed by atoms with Gasteiger partial charge >= 0.3 is 0 Å². The highest BCUT2D eigenvalue weighted by Gasteiger charge is 1.77. The predicted octanol–water partition coefficient (Wildman–Crippen LogP) is 0.955. The van der Waals surface area contributed by atoms with Crippen LogP contribution < -0.4 is 0 Å². The van der Waals surface area contributed by atoms with Crippen LogP contribution in [0.3, 0.4) is 0 Å². The topological polar surface area (TPSA) is 72.3 Å². The molecule has 0 rings (SSSR count). The van der Waals surface area contributed by atoms with Gasteiger partial charge in [0, 0.05) is 12.4 Å². The van der Waals surface area contributed by atoms with E-state index >= 15 is 0 Å². The van der Waals surface area contributed by atoms with Crippen LogP contribution in [-0.2, 0) is 0 Å². The van der Waals surface area contributed by atoms with Crippen molar-refractivity contribution in [3.63, 3.8) is 0 Å². The summed E-state index contributed by atoms with van der Waals surface area (Å²) in [5.74, 6) is 0. The molecule has 0 aliphatic heterocycles. The number of nitriles is 2. The van der Waals surface area contributed by atoms with Crippen LogP contribution in [-0.4, -0.2) is 25.5 Å². The smallest absolute Gasteiger partial charge is 0.0700 e. The number of hydrogen-bond donors (Lipinski definition) is 0. The van der Waals surface area contributed by atoms with Crippen molar-refractivity contribution in [3.05, 3.63) is 0 Å². The molecule has 0 N–H and O–H groups in total. The molecule has 0 amide bonds. The first-order valence-electron chi connectivity index (χ1n) is 3.62. The second-order valence-electron chi connectivity index (χ2n) is 1.90. The van der Waals surface area contributed by atoms with Crippen molar-refractivity contribution in [1.29, 1.82) is 10.5 Å². The molecule has 0 unspecified atom stereocenters. The van der Waals surface area contributed by atoms with Gasteiger partial charge in [0.25, 0.3) is 0 Å². The molecule has 0 saturated heterocycles. The summed E-state index contributed by atoms with van der Waals surface area (Å²) in [4.78, 5) is 7.83. The van der Waals surface area contributed by atoms with E-state index in [1.807, 2.05) is 12.1 Å². The quantitative estimate of drug-likeness (QED) is 0.446. The molecule has 0 aliphatic carbocycles. The lowest BCUT2D eigenvalue weighted by Crippen LogP contribution is -1.87. The molecular weight excluding hydrogens is 152 g/mol. The predicted molar refractivity (Wildman–Crippen MR) is 47.2 cm³/mol. The third-order valence-electron chi connectivity index (χ3n) is 0.982. The summed E-state index contributed by atoms with van der Waals surface area (Å²) in [6.07, 6.45) is 3.84. The Labute approximate surface area is 71.9 Å². The van der Waals surface area contributed by atoms with Crippen LogP contribution in [0.5, 0.6) is 0 Å². The van der Waals surface area contributed by atoms with Gasteiger partial charge in [-0.2, -0.15) is 10.5 Å². The van der Waals surface area contributed by atoms with Crippen LogP contribution in [0.25, 0.3) is 0 Å². The van der Waals surface area contributed by atoms with Crippen LogP contribution in [0.2, 0.25) is 0 Å². The van der Waals surface area contributed by atoms with Crippen molar-refractivity contribution in [2.24, 2.45) is 9.98 Å². The highest BCUT2D eigenvalue weighted by molar-refractivity contribution is 5.60. The fourth-order valence-corrected chi connectivity index (χ4v) is 0.509. The lowest BCUT2D eigenvalue weighted by molar-refractivity contribution is 0.979. The summed E-state index contributed by atoms with van der Waals surface area (Å²) >= 11 is 0. The summed E-state index contributed by atoms with van der Waals surface area (Å²) in [5.41, 5.74) is 0. The Morgan fingerprint density at radius 2 is 1.33 bits per heavy atom. The maximum Gasteiger partial charge on any atom is 0.0700 e. The van der Waals surface area contributed by atoms with Crippen LogP contribution in [0.15, 0.2) is 9.98 Å². The Bertz CT molecular complexity index is 202. The number of rotatable bonds is 5. The van der Waals surface area contributed by atoms with E-state index < -0.39 is 0 Å². The number of hydrogen-bond acceptors (Lipinski definition) is 4. The van der Waals surface area contributed by atoms with Crippen molar-refractivity contribution < 1.29 is 0 Å². The van der Waals surface area contributed by atoms with Gasteiger partial charge in [0.15, 0.2) is 0 Å². The molecule has 0 radical (unpaired) electrons. The molecule has 62 valence electrons.